The third-order valence-corrected chi connectivity index (χ3v) is 1.68. The van der Waals surface area contributed by atoms with Gasteiger partial charge in [-0.1, -0.05) is 17.7 Å². The summed E-state index contributed by atoms with van der Waals surface area (Å²) in [7, 11) is 0. The highest BCUT2D eigenvalue weighted by atomic mass is 35.5. The van der Waals surface area contributed by atoms with E-state index in [-0.39, 0.29) is 5.56 Å². The van der Waals surface area contributed by atoms with Crippen LogP contribution < -0.4 is 5.56 Å². The number of halogens is 1. The van der Waals surface area contributed by atoms with E-state index in [0.29, 0.717) is 23.6 Å². The fraction of sp³-hybridized carbons (Fsp3) is 0.250. The summed E-state index contributed by atoms with van der Waals surface area (Å²) in [6, 6.07) is 5.22. The normalized spacial score (nSPS) is 9.33. The van der Waals surface area contributed by atoms with Crippen LogP contribution in [-0.2, 0) is 6.42 Å². The third-order valence-electron chi connectivity index (χ3n) is 1.46. The van der Waals surface area contributed by atoms with E-state index in [9.17, 15) is 4.79 Å². The molecule has 1 rings (SSSR count). The number of pyridine rings is 1. The van der Waals surface area contributed by atoms with E-state index in [1.165, 1.54) is 0 Å². The molecule has 0 aliphatic heterocycles. The van der Waals surface area contributed by atoms with Gasteiger partial charge in [0.15, 0.2) is 0 Å². The summed E-state index contributed by atoms with van der Waals surface area (Å²) < 4.78 is 0. The summed E-state index contributed by atoms with van der Waals surface area (Å²) in [5.74, 6) is 0. The zero-order valence-corrected chi connectivity index (χ0v) is 7.06. The van der Waals surface area contributed by atoms with Crippen LogP contribution in [0.5, 0.6) is 0 Å². The molecule has 0 amide bonds. The largest absolute Gasteiger partial charge is 0.313 e. The summed E-state index contributed by atoms with van der Waals surface area (Å²) >= 11 is 5.53. The maximum atomic E-state index is 11.1. The first-order valence-electron chi connectivity index (χ1n) is 3.48. The Kier molecular flexibility index (Phi) is 2.89. The number of nitrogens with one attached hydrogen (secondary N) is 1. The van der Waals surface area contributed by atoms with Crippen LogP contribution in [0.15, 0.2) is 16.9 Å². The van der Waals surface area contributed by atoms with Gasteiger partial charge >= 0.3 is 0 Å². The van der Waals surface area contributed by atoms with Gasteiger partial charge in [-0.2, -0.15) is 5.26 Å². The van der Waals surface area contributed by atoms with Crippen LogP contribution in [0.25, 0.3) is 0 Å². The van der Waals surface area contributed by atoms with Gasteiger partial charge in [0.2, 0.25) is 0 Å². The topological polar surface area (TPSA) is 56.6 Å². The average Bonchev–Trinajstić information content (AvgIpc) is 2.03. The number of aryl methyl sites for hydroxylation is 1. The second-order valence-corrected chi connectivity index (χ2v) is 2.73. The van der Waals surface area contributed by atoms with Gasteiger partial charge in [-0.25, -0.2) is 0 Å². The number of aromatic amines is 1. The predicted molar refractivity (Wildman–Crippen MR) is 46.0 cm³/mol. The molecule has 62 valence electrons. The van der Waals surface area contributed by atoms with E-state index in [1.807, 2.05) is 6.07 Å². The summed E-state index contributed by atoms with van der Waals surface area (Å²) in [4.78, 5) is 13.5. The maximum Gasteiger partial charge on any atom is 0.252 e. The molecule has 12 heavy (non-hydrogen) atoms. The molecule has 0 aliphatic carbocycles. The summed E-state index contributed by atoms with van der Waals surface area (Å²) in [5, 5.41) is 8.60. The highest BCUT2D eigenvalue weighted by Gasteiger charge is 1.98. The zero-order chi connectivity index (χ0) is 8.97. The summed E-state index contributed by atoms with van der Waals surface area (Å²) in [6.45, 7) is 0. The summed E-state index contributed by atoms with van der Waals surface area (Å²) in [6.07, 6.45) is 0.827. The van der Waals surface area contributed by atoms with Crippen molar-refractivity contribution in [2.45, 2.75) is 12.8 Å². The smallest absolute Gasteiger partial charge is 0.252 e. The van der Waals surface area contributed by atoms with Crippen LogP contribution in [0.4, 0.5) is 0 Å². The number of hydrogen-bond acceptors (Lipinski definition) is 2. The lowest BCUT2D eigenvalue weighted by molar-refractivity contribution is 0.974. The van der Waals surface area contributed by atoms with Gasteiger partial charge < -0.3 is 4.98 Å². The second-order valence-electron chi connectivity index (χ2n) is 2.32. The standard InChI is InChI=1S/C8H7ClN2O/c9-7-4-3-6(2-1-5-10)8(12)11-7/h3-4H,1-2H2,(H,11,12). The van der Waals surface area contributed by atoms with Crippen molar-refractivity contribution in [1.29, 1.82) is 5.26 Å². The molecule has 1 N–H and O–H groups in total. The van der Waals surface area contributed by atoms with Crippen LogP contribution in [0.3, 0.4) is 0 Å². The fourth-order valence-corrected chi connectivity index (χ4v) is 1.02. The van der Waals surface area contributed by atoms with Crippen molar-refractivity contribution in [1.82, 2.24) is 4.98 Å². The van der Waals surface area contributed by atoms with Crippen molar-refractivity contribution in [3.63, 3.8) is 0 Å². The highest BCUT2D eigenvalue weighted by Crippen LogP contribution is 2.02. The SMILES string of the molecule is N#CCCc1ccc(Cl)[nH]c1=O. The second kappa shape index (κ2) is 3.93. The number of hydrogen-bond donors (Lipinski definition) is 1. The zero-order valence-electron chi connectivity index (χ0n) is 6.30. The van der Waals surface area contributed by atoms with Gasteiger partial charge in [-0.05, 0) is 12.5 Å². The van der Waals surface area contributed by atoms with Crippen LogP contribution >= 0.6 is 11.6 Å². The first kappa shape index (κ1) is 8.82. The molecule has 1 aromatic rings. The van der Waals surface area contributed by atoms with E-state index in [2.05, 4.69) is 4.98 Å². The van der Waals surface area contributed by atoms with Gasteiger partial charge in [0.25, 0.3) is 5.56 Å². The van der Waals surface area contributed by atoms with Crippen molar-refractivity contribution in [3.8, 4) is 6.07 Å². The number of aromatic nitrogens is 1. The molecule has 0 spiro atoms. The van der Waals surface area contributed by atoms with Crippen LogP contribution in [0.1, 0.15) is 12.0 Å². The van der Waals surface area contributed by atoms with Gasteiger partial charge in [-0.3, -0.25) is 4.79 Å². The Morgan fingerprint density at radius 1 is 1.58 bits per heavy atom. The molecule has 0 fully saturated rings. The van der Waals surface area contributed by atoms with Crippen molar-refractivity contribution < 1.29 is 0 Å². The molecule has 1 heterocycles. The Morgan fingerprint density at radius 3 is 2.92 bits per heavy atom. The number of H-pyrrole nitrogens is 1. The third kappa shape index (κ3) is 2.11. The Bertz CT molecular complexity index is 364. The van der Waals surface area contributed by atoms with Crippen molar-refractivity contribution in [2.75, 3.05) is 0 Å². The van der Waals surface area contributed by atoms with Gasteiger partial charge in [0.1, 0.15) is 5.15 Å². The Morgan fingerprint density at radius 2 is 2.33 bits per heavy atom. The van der Waals surface area contributed by atoms with E-state index in [4.69, 9.17) is 16.9 Å². The van der Waals surface area contributed by atoms with E-state index >= 15 is 0 Å². The minimum atomic E-state index is -0.210. The van der Waals surface area contributed by atoms with Crippen LogP contribution in [0.2, 0.25) is 5.15 Å². The minimum absolute atomic E-state index is 0.210. The lowest BCUT2D eigenvalue weighted by Crippen LogP contribution is -2.11. The lowest BCUT2D eigenvalue weighted by Gasteiger charge is -1.95. The van der Waals surface area contributed by atoms with Crippen molar-refractivity contribution >= 4 is 11.6 Å². The molecule has 0 saturated heterocycles. The predicted octanol–water partition coefficient (Wildman–Crippen LogP) is 1.48. The van der Waals surface area contributed by atoms with Gasteiger partial charge in [0, 0.05) is 12.0 Å². The molecule has 0 aliphatic rings. The first-order valence-corrected chi connectivity index (χ1v) is 3.86. The van der Waals surface area contributed by atoms with Crippen LogP contribution in [-0.4, -0.2) is 4.98 Å². The number of rotatable bonds is 2. The Labute approximate surface area is 74.6 Å². The van der Waals surface area contributed by atoms with Crippen LogP contribution in [0, 0.1) is 11.3 Å². The molecular formula is C8H7ClN2O. The highest BCUT2D eigenvalue weighted by molar-refractivity contribution is 6.29. The van der Waals surface area contributed by atoms with E-state index in [1.54, 1.807) is 12.1 Å². The molecule has 0 saturated carbocycles. The molecule has 0 radical (unpaired) electrons. The quantitative estimate of drug-likeness (QED) is 0.705. The Balaban J connectivity index is 2.89. The van der Waals surface area contributed by atoms with Gasteiger partial charge in [0.05, 0.1) is 6.07 Å². The monoisotopic (exact) mass is 182 g/mol. The minimum Gasteiger partial charge on any atom is -0.313 e. The molecule has 4 heteroatoms. The van der Waals surface area contributed by atoms with Crippen molar-refractivity contribution in [2.24, 2.45) is 0 Å². The Hall–Kier alpha value is -1.27. The number of nitriles is 1. The molecule has 3 nitrogen and oxygen atoms in total. The molecular weight excluding hydrogens is 176 g/mol. The molecule has 1 aromatic heterocycles. The molecule has 0 bridgehead atoms. The van der Waals surface area contributed by atoms with Gasteiger partial charge in [-0.15, -0.1) is 0 Å². The average molecular weight is 183 g/mol. The van der Waals surface area contributed by atoms with E-state index in [0.717, 1.165) is 0 Å². The molecule has 0 unspecified atom stereocenters. The summed E-state index contributed by atoms with van der Waals surface area (Å²) in [5.41, 5.74) is 0.388. The molecule has 0 aromatic carbocycles. The number of nitrogens with zero attached hydrogens (tertiary/aromatic N) is 1. The maximum absolute atomic E-state index is 11.1. The molecule has 0 atom stereocenters. The fourth-order valence-electron chi connectivity index (χ4n) is 0.867. The lowest BCUT2D eigenvalue weighted by atomic mass is 10.2. The van der Waals surface area contributed by atoms with E-state index < -0.39 is 0 Å². The first-order chi connectivity index (χ1) is 5.74. The van der Waals surface area contributed by atoms with Crippen molar-refractivity contribution in [3.05, 3.63) is 33.2 Å².